The van der Waals surface area contributed by atoms with Crippen LogP contribution in [0.4, 0.5) is 11.4 Å². The number of nitrogens with zero attached hydrogens (tertiary/aromatic N) is 2. The quantitative estimate of drug-likeness (QED) is 0.331. The average molecular weight is 524 g/mol. The number of carbonyl (C=O) groups is 2. The molecule has 4 rings (SSSR count). The Morgan fingerprint density at radius 3 is 2.39 bits per heavy atom. The molecular formula is C27H26ClN3O4S. The molecule has 1 unspecified atom stereocenters. The van der Waals surface area contributed by atoms with Crippen molar-refractivity contribution in [3.63, 3.8) is 0 Å². The summed E-state index contributed by atoms with van der Waals surface area (Å²) in [6.45, 7) is 0.404. The van der Waals surface area contributed by atoms with E-state index in [-0.39, 0.29) is 18.2 Å². The number of hydrogen-bond acceptors (Lipinski definition) is 5. The van der Waals surface area contributed by atoms with Gasteiger partial charge in [-0.05, 0) is 72.7 Å². The summed E-state index contributed by atoms with van der Waals surface area (Å²) >= 11 is 11.7. The molecule has 1 aliphatic heterocycles. The van der Waals surface area contributed by atoms with Crippen LogP contribution >= 0.6 is 23.8 Å². The summed E-state index contributed by atoms with van der Waals surface area (Å²) in [4.78, 5) is 29.4. The zero-order valence-electron chi connectivity index (χ0n) is 19.9. The normalized spacial score (nSPS) is 15.1. The fourth-order valence-corrected chi connectivity index (χ4v) is 4.58. The predicted octanol–water partition coefficient (Wildman–Crippen LogP) is 4.93. The Morgan fingerprint density at radius 2 is 1.72 bits per heavy atom. The van der Waals surface area contributed by atoms with Gasteiger partial charge in [-0.1, -0.05) is 35.9 Å². The van der Waals surface area contributed by atoms with Gasteiger partial charge in [-0.15, -0.1) is 0 Å². The Bertz CT molecular complexity index is 1250. The van der Waals surface area contributed by atoms with Crippen LogP contribution in [0.2, 0.25) is 5.02 Å². The molecule has 0 spiro atoms. The highest BCUT2D eigenvalue weighted by atomic mass is 35.5. The zero-order valence-corrected chi connectivity index (χ0v) is 21.5. The minimum absolute atomic E-state index is 0.0299. The maximum atomic E-state index is 13.5. The summed E-state index contributed by atoms with van der Waals surface area (Å²) in [5, 5.41) is 4.13. The lowest BCUT2D eigenvalue weighted by atomic mass is 10.1. The van der Waals surface area contributed by atoms with Gasteiger partial charge in [0.1, 0.15) is 6.04 Å². The maximum absolute atomic E-state index is 13.5. The molecule has 0 saturated carbocycles. The van der Waals surface area contributed by atoms with E-state index in [2.05, 4.69) is 5.32 Å². The van der Waals surface area contributed by atoms with Gasteiger partial charge >= 0.3 is 0 Å². The second-order valence-electron chi connectivity index (χ2n) is 8.19. The van der Waals surface area contributed by atoms with Crippen LogP contribution in [0.3, 0.4) is 0 Å². The maximum Gasteiger partial charge on any atom is 0.257 e. The zero-order chi connectivity index (χ0) is 25.7. The van der Waals surface area contributed by atoms with Crippen LogP contribution < -0.4 is 19.7 Å². The smallest absolute Gasteiger partial charge is 0.257 e. The highest BCUT2D eigenvalue weighted by Gasteiger charge is 2.43. The second kappa shape index (κ2) is 11.4. The molecular weight excluding hydrogens is 498 g/mol. The van der Waals surface area contributed by atoms with Crippen LogP contribution in [0, 0.1) is 0 Å². The van der Waals surface area contributed by atoms with Crippen LogP contribution in [0.25, 0.3) is 0 Å². The number of thiocarbonyl (C=S) groups is 1. The predicted molar refractivity (Wildman–Crippen MR) is 145 cm³/mol. The SMILES string of the molecule is COc1ccc(CCN(C(=S)Nc2ccc(Cl)cc2)C2CC(=O)N(c3ccccc3)C2=O)cc1OC. The number of rotatable bonds is 8. The molecule has 1 aliphatic rings. The summed E-state index contributed by atoms with van der Waals surface area (Å²) < 4.78 is 10.7. The molecule has 1 N–H and O–H groups in total. The summed E-state index contributed by atoms with van der Waals surface area (Å²) in [6, 6.07) is 21.0. The van der Waals surface area contributed by atoms with Crippen LogP contribution in [0.1, 0.15) is 12.0 Å². The Labute approximate surface area is 220 Å². The van der Waals surface area contributed by atoms with Crippen molar-refractivity contribution < 1.29 is 19.1 Å². The number of amides is 2. The number of para-hydroxylation sites is 1. The summed E-state index contributed by atoms with van der Waals surface area (Å²) in [6.07, 6.45) is 0.591. The number of methoxy groups -OCH3 is 2. The molecule has 36 heavy (non-hydrogen) atoms. The molecule has 0 radical (unpaired) electrons. The number of ether oxygens (including phenoxy) is 2. The molecule has 1 saturated heterocycles. The number of halogens is 1. The van der Waals surface area contributed by atoms with Gasteiger partial charge in [0.15, 0.2) is 16.6 Å². The van der Waals surface area contributed by atoms with Gasteiger partial charge in [0, 0.05) is 17.3 Å². The Hall–Kier alpha value is -3.62. The minimum atomic E-state index is -0.731. The molecule has 1 atom stereocenters. The molecule has 2 amide bonds. The lowest BCUT2D eigenvalue weighted by Gasteiger charge is -2.30. The first-order valence-electron chi connectivity index (χ1n) is 11.4. The number of anilines is 2. The van der Waals surface area contributed by atoms with Crippen LogP contribution in [-0.4, -0.2) is 48.6 Å². The summed E-state index contributed by atoms with van der Waals surface area (Å²) in [7, 11) is 3.17. The molecule has 0 aliphatic carbocycles. The highest BCUT2D eigenvalue weighted by molar-refractivity contribution is 7.80. The fraction of sp³-hybridized carbons (Fsp3) is 0.222. The second-order valence-corrected chi connectivity index (χ2v) is 9.02. The van der Waals surface area contributed by atoms with Crippen LogP contribution in [-0.2, 0) is 16.0 Å². The van der Waals surface area contributed by atoms with Crippen LogP contribution in [0.5, 0.6) is 11.5 Å². The van der Waals surface area contributed by atoms with Gasteiger partial charge < -0.3 is 19.7 Å². The lowest BCUT2D eigenvalue weighted by Crippen LogP contribution is -2.48. The summed E-state index contributed by atoms with van der Waals surface area (Å²) in [5.74, 6) is 0.680. The first kappa shape index (κ1) is 25.5. The molecule has 1 heterocycles. The van der Waals surface area contributed by atoms with Crippen molar-refractivity contribution in [3.8, 4) is 11.5 Å². The van der Waals surface area contributed by atoms with Gasteiger partial charge in [-0.3, -0.25) is 9.59 Å². The molecule has 9 heteroatoms. The van der Waals surface area contributed by atoms with Crippen molar-refractivity contribution in [1.29, 1.82) is 0 Å². The van der Waals surface area contributed by atoms with Gasteiger partial charge in [0.05, 0.1) is 26.3 Å². The highest BCUT2D eigenvalue weighted by Crippen LogP contribution is 2.29. The number of nitrogens with one attached hydrogen (secondary N) is 1. The third-order valence-corrected chi connectivity index (χ3v) is 6.55. The monoisotopic (exact) mass is 523 g/mol. The van der Waals surface area contributed by atoms with E-state index < -0.39 is 6.04 Å². The molecule has 3 aromatic rings. The molecule has 0 aromatic heterocycles. The van der Waals surface area contributed by atoms with Crippen molar-refractivity contribution in [3.05, 3.63) is 83.4 Å². The Morgan fingerprint density at radius 1 is 1.03 bits per heavy atom. The number of hydrogen-bond donors (Lipinski definition) is 1. The third kappa shape index (κ3) is 5.61. The molecule has 1 fully saturated rings. The first-order valence-corrected chi connectivity index (χ1v) is 12.2. The first-order chi connectivity index (χ1) is 17.4. The number of benzene rings is 3. The van der Waals surface area contributed by atoms with Gasteiger partial charge in [-0.25, -0.2) is 4.90 Å². The van der Waals surface area contributed by atoms with E-state index in [1.807, 2.05) is 24.3 Å². The third-order valence-electron chi connectivity index (χ3n) is 5.96. The number of carbonyl (C=O) groups excluding carboxylic acids is 2. The molecule has 7 nitrogen and oxygen atoms in total. The molecule has 186 valence electrons. The fourth-order valence-electron chi connectivity index (χ4n) is 4.12. The Kier molecular flexibility index (Phi) is 8.07. The minimum Gasteiger partial charge on any atom is -0.493 e. The van der Waals surface area contributed by atoms with Crippen molar-refractivity contribution >= 4 is 52.1 Å². The van der Waals surface area contributed by atoms with Crippen molar-refractivity contribution in [2.24, 2.45) is 0 Å². The van der Waals surface area contributed by atoms with Gasteiger partial charge in [0.25, 0.3) is 5.91 Å². The van der Waals surface area contributed by atoms with E-state index in [0.717, 1.165) is 11.3 Å². The van der Waals surface area contributed by atoms with Crippen molar-refractivity contribution in [2.75, 3.05) is 31.0 Å². The van der Waals surface area contributed by atoms with E-state index in [4.69, 9.17) is 33.3 Å². The van der Waals surface area contributed by atoms with E-state index in [1.165, 1.54) is 4.90 Å². The largest absolute Gasteiger partial charge is 0.493 e. The lowest BCUT2D eigenvalue weighted by molar-refractivity contribution is -0.122. The van der Waals surface area contributed by atoms with Gasteiger partial charge in [-0.2, -0.15) is 0 Å². The topological polar surface area (TPSA) is 71.1 Å². The van der Waals surface area contributed by atoms with Crippen LogP contribution in [0.15, 0.2) is 72.8 Å². The molecule has 0 bridgehead atoms. The van der Waals surface area contributed by atoms with E-state index in [1.54, 1.807) is 67.7 Å². The van der Waals surface area contributed by atoms with Crippen molar-refractivity contribution in [2.45, 2.75) is 18.9 Å². The number of imide groups is 1. The summed E-state index contributed by atoms with van der Waals surface area (Å²) in [5.41, 5.74) is 2.26. The molecule has 3 aromatic carbocycles. The van der Waals surface area contributed by atoms with Crippen molar-refractivity contribution in [1.82, 2.24) is 4.90 Å². The van der Waals surface area contributed by atoms with Gasteiger partial charge in [0.2, 0.25) is 5.91 Å². The average Bonchev–Trinajstić information content (AvgIpc) is 3.19. The Balaban J connectivity index is 1.59. The standard InChI is InChI=1S/C27H26ClN3O4S/c1-34-23-13-8-18(16-24(23)35-2)14-15-30(27(36)29-20-11-9-19(28)10-12-20)22-17-25(32)31(26(22)33)21-6-4-3-5-7-21/h3-13,16,22H,14-15,17H2,1-2H3,(H,29,36). The van der Waals surface area contributed by atoms with E-state index >= 15 is 0 Å². The van der Waals surface area contributed by atoms with E-state index in [0.29, 0.717) is 40.3 Å². The van der Waals surface area contributed by atoms with E-state index in [9.17, 15) is 9.59 Å².